The minimum atomic E-state index is 0.662. The Morgan fingerprint density at radius 2 is 1.26 bits per heavy atom. The maximum atomic E-state index is 9.46. The predicted octanol–water partition coefficient (Wildman–Crippen LogP) is 3.88. The van der Waals surface area contributed by atoms with Crippen molar-refractivity contribution in [3.05, 3.63) is 76.3 Å². The monoisotopic (exact) mass is 250 g/mol. The Bertz CT molecular complexity index is 573. The van der Waals surface area contributed by atoms with Crippen molar-refractivity contribution in [3.63, 3.8) is 0 Å². The summed E-state index contributed by atoms with van der Waals surface area (Å²) in [5, 5.41) is 0. The van der Waals surface area contributed by atoms with Gasteiger partial charge in [0.25, 0.3) is 0 Å². The molecule has 0 atom stereocenters. The third kappa shape index (κ3) is 2.64. The van der Waals surface area contributed by atoms with Crippen LogP contribution in [0.3, 0.4) is 0 Å². The van der Waals surface area contributed by atoms with Gasteiger partial charge in [-0.15, -0.1) is 0 Å². The third-order valence-corrected chi connectivity index (χ3v) is 3.41. The van der Waals surface area contributed by atoms with Gasteiger partial charge in [-0.1, -0.05) is 50.2 Å². The van der Waals surface area contributed by atoms with Gasteiger partial charge in [0.05, 0.1) is 11.1 Å². The molecule has 0 heterocycles. The van der Waals surface area contributed by atoms with Crippen molar-refractivity contribution in [1.82, 2.24) is 0 Å². The van der Waals surface area contributed by atoms with Gasteiger partial charge in [0.1, 0.15) is 0 Å². The largest absolute Gasteiger partial charge is 0.361 e. The van der Waals surface area contributed by atoms with Crippen molar-refractivity contribution in [1.29, 1.82) is 0 Å². The van der Waals surface area contributed by atoms with Gasteiger partial charge in [-0.05, 0) is 36.1 Å². The van der Waals surface area contributed by atoms with Crippen molar-refractivity contribution in [2.45, 2.75) is 26.7 Å². The summed E-state index contributed by atoms with van der Waals surface area (Å²) in [7, 11) is 0. The summed E-state index contributed by atoms with van der Waals surface area (Å²) in [6.45, 7) is 4.22. The maximum Gasteiger partial charge on any atom is 0.330 e. The molecule has 0 unspecified atom stereocenters. The van der Waals surface area contributed by atoms with Crippen LogP contribution in [-0.4, -0.2) is 10.5 Å². The summed E-state index contributed by atoms with van der Waals surface area (Å²) < 4.78 is 0. The molecule has 0 radical (unpaired) electrons. The number of hydrogen-bond donors (Lipinski definition) is 0. The molecule has 0 amide bonds. The molecule has 0 spiro atoms. The Morgan fingerprint density at radius 3 is 1.63 bits per heavy atom. The molecular weight excluding hydrogens is 232 g/mol. The smallest absolute Gasteiger partial charge is 0.330 e. The highest BCUT2D eigenvalue weighted by Gasteiger charge is 2.20. The van der Waals surface area contributed by atoms with Crippen LogP contribution in [0.1, 0.15) is 36.1 Å². The minimum absolute atomic E-state index is 0.662. The lowest BCUT2D eigenvalue weighted by atomic mass is 9.93. The van der Waals surface area contributed by atoms with E-state index in [1.165, 1.54) is 11.1 Å². The zero-order valence-electron chi connectivity index (χ0n) is 11.4. The Labute approximate surface area is 114 Å². The van der Waals surface area contributed by atoms with Gasteiger partial charge in [-0.2, -0.15) is 4.79 Å². The van der Waals surface area contributed by atoms with Gasteiger partial charge in [0.15, 0.2) is 0 Å². The first-order chi connectivity index (χ1) is 9.31. The molecule has 2 heteroatoms. The van der Waals surface area contributed by atoms with E-state index in [0.29, 0.717) is 5.71 Å². The first kappa shape index (κ1) is 13.3. The predicted molar refractivity (Wildman–Crippen MR) is 78.5 cm³/mol. The molecule has 0 saturated heterocycles. The lowest BCUT2D eigenvalue weighted by Gasteiger charge is -2.07. The first-order valence-corrected chi connectivity index (χ1v) is 6.70. The average molecular weight is 250 g/mol. The Kier molecular flexibility index (Phi) is 4.27. The minimum Gasteiger partial charge on any atom is -0.361 e. The standard InChI is InChI=1S/C17H18N2/c1-3-13-9-5-7-11-15(13)17(19-18)16-12-8-6-10-14(16)4-2/h5-12H,3-4H2,1-2H3. The number of benzene rings is 2. The molecule has 0 aromatic heterocycles. The second-order valence-electron chi connectivity index (χ2n) is 4.47. The normalized spacial score (nSPS) is 10.0. The fourth-order valence-electron chi connectivity index (χ4n) is 2.37. The van der Waals surface area contributed by atoms with Crippen LogP contribution in [-0.2, 0) is 12.8 Å². The molecule has 2 aromatic rings. The molecule has 0 saturated carbocycles. The number of nitrogens with zero attached hydrogens (tertiary/aromatic N) is 2. The fraction of sp³-hybridized carbons (Fsp3) is 0.235. The van der Waals surface area contributed by atoms with E-state index in [1.807, 2.05) is 36.4 Å². The zero-order valence-corrected chi connectivity index (χ0v) is 11.4. The van der Waals surface area contributed by atoms with Crippen molar-refractivity contribution < 1.29 is 4.79 Å². The van der Waals surface area contributed by atoms with E-state index < -0.39 is 0 Å². The molecule has 0 aliphatic heterocycles. The molecular formula is C17H18N2. The molecule has 0 fully saturated rings. The van der Waals surface area contributed by atoms with Gasteiger partial charge in [-0.25, -0.2) is 0 Å². The van der Waals surface area contributed by atoms with Gasteiger partial charge < -0.3 is 5.53 Å². The highest BCUT2D eigenvalue weighted by atomic mass is 14.9. The topological polar surface area (TPSA) is 36.4 Å². The van der Waals surface area contributed by atoms with Crippen LogP contribution in [0.4, 0.5) is 0 Å². The average Bonchev–Trinajstić information content (AvgIpc) is 2.49. The third-order valence-electron chi connectivity index (χ3n) is 3.41. The van der Waals surface area contributed by atoms with E-state index in [2.05, 4.69) is 30.8 Å². The SMILES string of the molecule is CCc1ccccc1C(=[N+]=[N-])c1ccccc1CC. The van der Waals surface area contributed by atoms with Crippen LogP contribution >= 0.6 is 0 Å². The van der Waals surface area contributed by atoms with Crippen molar-refractivity contribution >= 4 is 5.71 Å². The number of aryl methyl sites for hydroxylation is 2. The number of hydrogen-bond acceptors (Lipinski definition) is 0. The van der Waals surface area contributed by atoms with Crippen molar-refractivity contribution in [2.24, 2.45) is 0 Å². The molecule has 0 N–H and O–H groups in total. The number of rotatable bonds is 4. The van der Waals surface area contributed by atoms with E-state index in [4.69, 9.17) is 0 Å². The van der Waals surface area contributed by atoms with Crippen molar-refractivity contribution in [3.8, 4) is 0 Å². The second-order valence-corrected chi connectivity index (χ2v) is 4.47. The van der Waals surface area contributed by atoms with E-state index >= 15 is 0 Å². The molecule has 2 nitrogen and oxygen atoms in total. The highest BCUT2D eigenvalue weighted by Crippen LogP contribution is 2.18. The Hall–Kier alpha value is -2.18. The Balaban J connectivity index is 2.61. The maximum absolute atomic E-state index is 9.46. The summed E-state index contributed by atoms with van der Waals surface area (Å²) >= 11 is 0. The van der Waals surface area contributed by atoms with Gasteiger partial charge in [0.2, 0.25) is 0 Å². The first-order valence-electron chi connectivity index (χ1n) is 6.70. The summed E-state index contributed by atoms with van der Waals surface area (Å²) in [5.41, 5.74) is 14.5. The second kappa shape index (κ2) is 6.12. The van der Waals surface area contributed by atoms with Crippen LogP contribution < -0.4 is 0 Å². The van der Waals surface area contributed by atoms with Crippen LogP contribution in [0.25, 0.3) is 5.53 Å². The lowest BCUT2D eigenvalue weighted by molar-refractivity contribution is -0.00290. The Morgan fingerprint density at radius 1 is 0.842 bits per heavy atom. The van der Waals surface area contributed by atoms with Crippen LogP contribution in [0.2, 0.25) is 0 Å². The summed E-state index contributed by atoms with van der Waals surface area (Å²) in [6, 6.07) is 16.2. The van der Waals surface area contributed by atoms with Crippen LogP contribution in [0.5, 0.6) is 0 Å². The van der Waals surface area contributed by atoms with Crippen LogP contribution in [0.15, 0.2) is 48.5 Å². The highest BCUT2D eigenvalue weighted by molar-refractivity contribution is 6.11. The van der Waals surface area contributed by atoms with Crippen LogP contribution in [0, 0.1) is 0 Å². The molecule has 0 aliphatic carbocycles. The van der Waals surface area contributed by atoms with E-state index in [1.54, 1.807) is 0 Å². The molecule has 0 bridgehead atoms. The zero-order chi connectivity index (χ0) is 13.7. The molecule has 19 heavy (non-hydrogen) atoms. The summed E-state index contributed by atoms with van der Waals surface area (Å²) in [4.78, 5) is 3.56. The summed E-state index contributed by atoms with van der Waals surface area (Å²) in [5.74, 6) is 0. The van der Waals surface area contributed by atoms with Gasteiger partial charge in [-0.3, -0.25) is 0 Å². The summed E-state index contributed by atoms with van der Waals surface area (Å²) in [6.07, 6.45) is 1.84. The molecule has 96 valence electrons. The fourth-order valence-corrected chi connectivity index (χ4v) is 2.37. The van der Waals surface area contributed by atoms with E-state index in [9.17, 15) is 5.53 Å². The van der Waals surface area contributed by atoms with E-state index in [0.717, 1.165) is 24.0 Å². The van der Waals surface area contributed by atoms with E-state index in [-0.39, 0.29) is 0 Å². The molecule has 2 aromatic carbocycles. The quantitative estimate of drug-likeness (QED) is 0.448. The van der Waals surface area contributed by atoms with Crippen molar-refractivity contribution in [2.75, 3.05) is 0 Å². The molecule has 0 aliphatic rings. The van der Waals surface area contributed by atoms with Gasteiger partial charge >= 0.3 is 5.71 Å². The lowest BCUT2D eigenvalue weighted by Crippen LogP contribution is -2.10. The molecule has 2 rings (SSSR count). The van der Waals surface area contributed by atoms with Gasteiger partial charge in [0, 0.05) is 0 Å².